The summed E-state index contributed by atoms with van der Waals surface area (Å²) in [5.41, 5.74) is 0. The Hall–Kier alpha value is 0.770. The molecule has 0 unspecified atom stereocenters. The molecule has 0 atom stereocenters. The summed E-state index contributed by atoms with van der Waals surface area (Å²) in [4.78, 5) is 0. The normalized spacial score (nSPS) is 9.71. The van der Waals surface area contributed by atoms with Gasteiger partial charge in [0.05, 0.1) is 0 Å². The summed E-state index contributed by atoms with van der Waals surface area (Å²) in [5, 5.41) is 0. The van der Waals surface area contributed by atoms with Gasteiger partial charge in [-0.15, -0.1) is 0 Å². The number of halogens is 4. The van der Waals surface area contributed by atoms with E-state index in [2.05, 4.69) is 50.3 Å². The maximum atomic E-state index is 9.75. The molecule has 0 aromatic heterocycles. The fourth-order valence-corrected chi connectivity index (χ4v) is 1.22. The van der Waals surface area contributed by atoms with Crippen molar-refractivity contribution < 1.29 is 26.0 Å². The van der Waals surface area contributed by atoms with E-state index in [1.165, 1.54) is 0 Å². The molecule has 0 saturated carbocycles. The SMILES string of the molecule is CC[O+](CC)CC.CC[O+](CC)CC.F[B-](F)(F)F.[BH4-].[NaH]. The van der Waals surface area contributed by atoms with Crippen molar-refractivity contribution in [3.63, 3.8) is 0 Å². The summed E-state index contributed by atoms with van der Waals surface area (Å²) >= 11 is 0. The van der Waals surface area contributed by atoms with Crippen LogP contribution in [-0.2, 0) is 8.73 Å². The van der Waals surface area contributed by atoms with E-state index in [4.69, 9.17) is 0 Å². The first-order chi connectivity index (χ1) is 8.69. The molecule has 0 aliphatic heterocycles. The molecular weight excluding hydrogens is 297 g/mol. The monoisotopic (exact) mass is 332 g/mol. The van der Waals surface area contributed by atoms with Crippen molar-refractivity contribution in [2.45, 2.75) is 41.5 Å². The van der Waals surface area contributed by atoms with Crippen molar-refractivity contribution in [1.82, 2.24) is 0 Å². The Morgan fingerprint density at radius 2 is 0.667 bits per heavy atom. The summed E-state index contributed by atoms with van der Waals surface area (Å²) < 4.78 is 45.1. The van der Waals surface area contributed by atoms with Gasteiger partial charge in [0.2, 0.25) is 0 Å². The van der Waals surface area contributed by atoms with Gasteiger partial charge in [-0.3, -0.25) is 0 Å². The molecule has 0 N–H and O–H groups in total. The molecule has 0 aliphatic carbocycles. The predicted molar refractivity (Wildman–Crippen MR) is 94.1 cm³/mol. The molecular formula is C12H35B2F4NaO2. The first-order valence-corrected chi connectivity index (χ1v) is 6.85. The van der Waals surface area contributed by atoms with Crippen molar-refractivity contribution >= 4 is 45.2 Å². The van der Waals surface area contributed by atoms with E-state index < -0.39 is 7.25 Å². The van der Waals surface area contributed by atoms with Crippen LogP contribution in [0.15, 0.2) is 0 Å². The average molecular weight is 332 g/mol. The van der Waals surface area contributed by atoms with E-state index >= 15 is 0 Å². The fraction of sp³-hybridized carbons (Fsp3) is 1.00. The third-order valence-corrected chi connectivity index (χ3v) is 2.45. The van der Waals surface area contributed by atoms with Crippen LogP contribution in [0.3, 0.4) is 0 Å². The molecule has 0 radical (unpaired) electrons. The molecule has 0 saturated heterocycles. The molecule has 0 aromatic carbocycles. The summed E-state index contributed by atoms with van der Waals surface area (Å²) in [5.74, 6) is 0. The van der Waals surface area contributed by atoms with Crippen LogP contribution in [0.5, 0.6) is 0 Å². The van der Waals surface area contributed by atoms with E-state index in [1.54, 1.807) is 0 Å². The minimum absolute atomic E-state index is 0. The van der Waals surface area contributed by atoms with Gasteiger partial charge < -0.3 is 26.0 Å². The van der Waals surface area contributed by atoms with Crippen LogP contribution < -0.4 is 0 Å². The van der Waals surface area contributed by atoms with Gasteiger partial charge in [-0.25, -0.2) is 0 Å². The van der Waals surface area contributed by atoms with Crippen molar-refractivity contribution in [2.24, 2.45) is 0 Å². The first-order valence-electron chi connectivity index (χ1n) is 6.85. The Morgan fingerprint density at radius 1 is 0.571 bits per heavy atom. The molecule has 0 aliphatic rings. The van der Waals surface area contributed by atoms with Crippen molar-refractivity contribution in [3.8, 4) is 0 Å². The van der Waals surface area contributed by atoms with Crippen LogP contribution >= 0.6 is 0 Å². The van der Waals surface area contributed by atoms with Crippen LogP contribution in [0.4, 0.5) is 17.3 Å². The molecule has 9 heteroatoms. The summed E-state index contributed by atoms with van der Waals surface area (Å²) in [6, 6.07) is 0. The van der Waals surface area contributed by atoms with Gasteiger partial charge in [0, 0.05) is 41.5 Å². The van der Waals surface area contributed by atoms with Gasteiger partial charge in [-0.05, 0) is 0 Å². The van der Waals surface area contributed by atoms with E-state index in [1.807, 2.05) is 0 Å². The third-order valence-electron chi connectivity index (χ3n) is 2.45. The van der Waals surface area contributed by atoms with Gasteiger partial charge in [-0.2, -0.15) is 0 Å². The van der Waals surface area contributed by atoms with E-state index in [0.717, 1.165) is 39.6 Å². The second-order valence-electron chi connectivity index (χ2n) is 3.45. The van der Waals surface area contributed by atoms with Crippen LogP contribution in [0, 0.1) is 0 Å². The Morgan fingerprint density at radius 3 is 0.667 bits per heavy atom. The number of rotatable bonds is 6. The van der Waals surface area contributed by atoms with Gasteiger partial charge in [-0.1, -0.05) is 8.41 Å². The second-order valence-corrected chi connectivity index (χ2v) is 3.45. The van der Waals surface area contributed by atoms with Gasteiger partial charge in [0.25, 0.3) is 0 Å². The summed E-state index contributed by atoms with van der Waals surface area (Å²) in [6.45, 7) is 19.5. The van der Waals surface area contributed by atoms with E-state index in [-0.39, 0.29) is 38.0 Å². The van der Waals surface area contributed by atoms with Crippen LogP contribution in [0.2, 0.25) is 0 Å². The molecule has 0 fully saturated rings. The van der Waals surface area contributed by atoms with Crippen LogP contribution in [0.25, 0.3) is 0 Å². The Labute approximate surface area is 152 Å². The molecule has 130 valence electrons. The zero-order valence-electron chi connectivity index (χ0n) is 13.1. The molecule has 0 aromatic rings. The van der Waals surface area contributed by atoms with Gasteiger partial charge in [0.15, 0.2) is 0 Å². The zero-order valence-corrected chi connectivity index (χ0v) is 13.1. The molecule has 0 heterocycles. The molecule has 0 rings (SSSR count). The number of hydrogen-bond acceptors (Lipinski definition) is 0. The second kappa shape index (κ2) is 23.0. The topological polar surface area (TPSA) is 5.40 Å². The van der Waals surface area contributed by atoms with Gasteiger partial charge in [0.1, 0.15) is 39.6 Å². The summed E-state index contributed by atoms with van der Waals surface area (Å²) in [7, 11) is -6.00. The fourth-order valence-electron chi connectivity index (χ4n) is 1.22. The zero-order chi connectivity index (χ0) is 15.9. The van der Waals surface area contributed by atoms with Gasteiger partial charge >= 0.3 is 36.8 Å². The van der Waals surface area contributed by atoms with Crippen molar-refractivity contribution in [3.05, 3.63) is 0 Å². The summed E-state index contributed by atoms with van der Waals surface area (Å²) in [6.07, 6.45) is 0. The molecule has 0 spiro atoms. The van der Waals surface area contributed by atoms with E-state index in [9.17, 15) is 17.3 Å². The Balaban J connectivity index is -0.0000000590. The first kappa shape index (κ1) is 33.4. The molecule has 2 nitrogen and oxygen atoms in total. The van der Waals surface area contributed by atoms with Crippen molar-refractivity contribution in [2.75, 3.05) is 39.6 Å². The minimum atomic E-state index is -6.00. The molecule has 0 amide bonds. The Bertz CT molecular complexity index is 141. The number of hydrogen-bond donors (Lipinski definition) is 0. The third kappa shape index (κ3) is 44.9. The standard InChI is InChI=1S/2C6H15O.BF4.BH4.Na.H/c2*1-4-7(5-2)6-3;2-1(3,4)5;;;/h2*4-6H2,1-3H3;;1H4;;/q2*+1;2*-1;;. The molecule has 21 heavy (non-hydrogen) atoms. The molecule has 0 bridgehead atoms. The van der Waals surface area contributed by atoms with Crippen LogP contribution in [0.1, 0.15) is 41.5 Å². The quantitative estimate of drug-likeness (QED) is 0.400. The van der Waals surface area contributed by atoms with Crippen molar-refractivity contribution in [1.29, 1.82) is 0 Å². The predicted octanol–water partition coefficient (Wildman–Crippen LogP) is 2.40. The Kier molecular flexibility index (Phi) is 36.6. The van der Waals surface area contributed by atoms with Crippen LogP contribution in [-0.4, -0.2) is 84.9 Å². The average Bonchev–Trinajstić information content (AvgIpc) is 2.32. The van der Waals surface area contributed by atoms with E-state index in [0.29, 0.717) is 0 Å². The maximum absolute atomic E-state index is 9.75.